The van der Waals surface area contributed by atoms with Gasteiger partial charge in [0.15, 0.2) is 0 Å². The van der Waals surface area contributed by atoms with E-state index in [2.05, 4.69) is 15.4 Å². The van der Waals surface area contributed by atoms with Gasteiger partial charge < -0.3 is 14.8 Å². The molecule has 1 N–H and O–H groups in total. The maximum absolute atomic E-state index is 13.4. The van der Waals surface area contributed by atoms with Gasteiger partial charge in [0.1, 0.15) is 31.3 Å². The number of rotatable bonds is 7. The molecule has 0 amide bonds. The molecular weight excluding hydrogens is 428 g/mol. The minimum Gasteiger partial charge on any atom is -0.489 e. The first-order valence-corrected chi connectivity index (χ1v) is 11.0. The topological polar surface area (TPSA) is 78.3 Å². The Balaban J connectivity index is 1.47. The summed E-state index contributed by atoms with van der Waals surface area (Å²) in [6.07, 6.45) is 1.47. The highest BCUT2D eigenvalue weighted by molar-refractivity contribution is 5.92. The van der Waals surface area contributed by atoms with Crippen molar-refractivity contribution >= 4 is 11.9 Å². The minimum absolute atomic E-state index is 0.180. The molecule has 1 aliphatic rings. The van der Waals surface area contributed by atoms with Crippen molar-refractivity contribution in [1.29, 1.82) is 0 Å². The molecule has 0 radical (unpaired) electrons. The molecule has 5 rings (SSSR count). The lowest BCUT2D eigenvalue weighted by atomic mass is 9.95. The van der Waals surface area contributed by atoms with Gasteiger partial charge in [-0.1, -0.05) is 78.9 Å². The Labute approximate surface area is 197 Å². The summed E-state index contributed by atoms with van der Waals surface area (Å²) >= 11 is 0. The van der Waals surface area contributed by atoms with Crippen molar-refractivity contribution in [2.24, 2.45) is 0 Å². The van der Waals surface area contributed by atoms with E-state index in [1.54, 1.807) is 4.68 Å². The molecule has 1 aliphatic heterocycles. The van der Waals surface area contributed by atoms with Crippen LogP contribution in [0.5, 0.6) is 5.75 Å². The Morgan fingerprint density at radius 2 is 1.56 bits per heavy atom. The molecule has 34 heavy (non-hydrogen) atoms. The Hall–Kier alpha value is -4.39. The predicted octanol–water partition coefficient (Wildman–Crippen LogP) is 4.89. The third kappa shape index (κ3) is 4.41. The van der Waals surface area contributed by atoms with Crippen LogP contribution in [0.15, 0.2) is 103 Å². The van der Waals surface area contributed by atoms with Crippen LogP contribution in [0, 0.1) is 0 Å². The van der Waals surface area contributed by atoms with E-state index in [1.807, 2.05) is 91.9 Å². The number of benzene rings is 3. The second kappa shape index (κ2) is 9.62. The van der Waals surface area contributed by atoms with Gasteiger partial charge in [0.2, 0.25) is 5.95 Å². The van der Waals surface area contributed by atoms with Gasteiger partial charge in [-0.3, -0.25) is 0 Å². The zero-order chi connectivity index (χ0) is 23.3. The van der Waals surface area contributed by atoms with Crippen LogP contribution in [0.2, 0.25) is 0 Å². The smallest absolute Gasteiger partial charge is 0.338 e. The number of ether oxygens (including phenoxy) is 2. The highest BCUT2D eigenvalue weighted by Gasteiger charge is 2.36. The van der Waals surface area contributed by atoms with Crippen molar-refractivity contribution in [3.05, 3.63) is 119 Å². The lowest BCUT2D eigenvalue weighted by Gasteiger charge is -2.29. The molecular formula is C27H24N4O3. The van der Waals surface area contributed by atoms with Crippen LogP contribution in [0.4, 0.5) is 5.95 Å². The van der Waals surface area contributed by atoms with Crippen molar-refractivity contribution in [3.63, 3.8) is 0 Å². The molecule has 0 saturated carbocycles. The van der Waals surface area contributed by atoms with E-state index in [9.17, 15) is 4.79 Å². The van der Waals surface area contributed by atoms with E-state index in [1.165, 1.54) is 6.33 Å². The van der Waals surface area contributed by atoms with E-state index >= 15 is 0 Å². The molecule has 7 heteroatoms. The number of para-hydroxylation sites is 1. The van der Waals surface area contributed by atoms with Crippen molar-refractivity contribution in [2.75, 3.05) is 5.32 Å². The number of aromatic nitrogens is 3. The maximum atomic E-state index is 13.4. The van der Waals surface area contributed by atoms with Crippen molar-refractivity contribution in [2.45, 2.75) is 26.2 Å². The summed E-state index contributed by atoms with van der Waals surface area (Å²) in [6, 6.07) is 26.7. The van der Waals surface area contributed by atoms with Gasteiger partial charge in [0, 0.05) is 11.3 Å². The predicted molar refractivity (Wildman–Crippen MR) is 128 cm³/mol. The summed E-state index contributed by atoms with van der Waals surface area (Å²) in [5.74, 6) is 0.804. The molecule has 0 aliphatic carbocycles. The molecule has 1 atom stereocenters. The van der Waals surface area contributed by atoms with Gasteiger partial charge in [0.05, 0.1) is 5.57 Å². The second-order valence-corrected chi connectivity index (χ2v) is 7.97. The third-order valence-electron chi connectivity index (χ3n) is 5.68. The second-order valence-electron chi connectivity index (χ2n) is 7.97. The minimum atomic E-state index is -0.547. The Morgan fingerprint density at radius 1 is 0.912 bits per heavy atom. The summed E-state index contributed by atoms with van der Waals surface area (Å²) < 4.78 is 13.6. The maximum Gasteiger partial charge on any atom is 0.338 e. The van der Waals surface area contributed by atoms with Gasteiger partial charge in [-0.25, -0.2) is 9.48 Å². The van der Waals surface area contributed by atoms with Crippen molar-refractivity contribution in [3.8, 4) is 5.75 Å². The fourth-order valence-corrected chi connectivity index (χ4v) is 4.02. The SMILES string of the molecule is CC1=C(C(=O)OCc2ccccc2)[C@@H](c2ccccc2OCc2ccccc2)n2ncnc2N1. The molecule has 0 saturated heterocycles. The molecule has 7 nitrogen and oxygen atoms in total. The van der Waals surface area contributed by atoms with Crippen molar-refractivity contribution < 1.29 is 14.3 Å². The van der Waals surface area contributed by atoms with Crippen LogP contribution in [0.25, 0.3) is 0 Å². The quantitative estimate of drug-likeness (QED) is 0.402. The Morgan fingerprint density at radius 3 is 2.29 bits per heavy atom. The zero-order valence-corrected chi connectivity index (χ0v) is 18.7. The van der Waals surface area contributed by atoms with E-state index in [0.29, 0.717) is 29.6 Å². The van der Waals surface area contributed by atoms with Crippen LogP contribution in [0.1, 0.15) is 29.7 Å². The number of carbonyl (C=O) groups excluding carboxylic acids is 1. The summed E-state index contributed by atoms with van der Waals surface area (Å²) in [5.41, 5.74) is 3.91. The van der Waals surface area contributed by atoms with E-state index in [4.69, 9.17) is 9.47 Å². The van der Waals surface area contributed by atoms with Crippen molar-refractivity contribution in [1.82, 2.24) is 14.8 Å². The van der Waals surface area contributed by atoms with E-state index in [-0.39, 0.29) is 6.61 Å². The number of fused-ring (bicyclic) bond motifs is 1. The number of hydrogen-bond acceptors (Lipinski definition) is 6. The zero-order valence-electron chi connectivity index (χ0n) is 18.7. The van der Waals surface area contributed by atoms with E-state index in [0.717, 1.165) is 16.7 Å². The van der Waals surface area contributed by atoms with Crippen LogP contribution >= 0.6 is 0 Å². The summed E-state index contributed by atoms with van der Waals surface area (Å²) in [4.78, 5) is 17.7. The molecule has 2 heterocycles. The fraction of sp³-hybridized carbons (Fsp3) is 0.148. The molecule has 0 spiro atoms. The molecule has 3 aromatic carbocycles. The van der Waals surface area contributed by atoms with Gasteiger partial charge >= 0.3 is 5.97 Å². The summed E-state index contributed by atoms with van der Waals surface area (Å²) in [7, 11) is 0. The molecule has 1 aromatic heterocycles. The normalized spacial score (nSPS) is 14.8. The van der Waals surface area contributed by atoms with Gasteiger partial charge in [-0.2, -0.15) is 10.1 Å². The van der Waals surface area contributed by atoms with Gasteiger partial charge in [-0.15, -0.1) is 0 Å². The first-order valence-electron chi connectivity index (χ1n) is 11.0. The van der Waals surface area contributed by atoms with Crippen LogP contribution in [-0.4, -0.2) is 20.7 Å². The average Bonchev–Trinajstić information content (AvgIpc) is 3.35. The molecule has 0 fully saturated rings. The number of carbonyl (C=O) groups is 1. The van der Waals surface area contributed by atoms with Gasteiger partial charge in [0.25, 0.3) is 0 Å². The number of hydrogen-bond donors (Lipinski definition) is 1. The summed E-state index contributed by atoms with van der Waals surface area (Å²) in [6.45, 7) is 2.43. The number of nitrogens with zero attached hydrogens (tertiary/aromatic N) is 3. The monoisotopic (exact) mass is 452 g/mol. The average molecular weight is 453 g/mol. The van der Waals surface area contributed by atoms with Gasteiger partial charge in [-0.05, 0) is 24.1 Å². The van der Waals surface area contributed by atoms with E-state index < -0.39 is 12.0 Å². The lowest BCUT2D eigenvalue weighted by molar-refractivity contribution is -0.140. The first kappa shape index (κ1) is 21.5. The van der Waals surface area contributed by atoms with Crippen LogP contribution in [-0.2, 0) is 22.7 Å². The molecule has 4 aromatic rings. The molecule has 170 valence electrons. The standard InChI is InChI=1S/C27H24N4O3/c1-19-24(26(32)34-17-21-12-6-3-7-13-21)25(31-27(30-19)28-18-29-31)22-14-8-9-15-23(22)33-16-20-10-4-2-5-11-20/h2-15,18,25H,16-17H2,1H3,(H,28,29,30)/t25-/m1/s1. The fourth-order valence-electron chi connectivity index (χ4n) is 4.02. The highest BCUT2D eigenvalue weighted by Crippen LogP contribution is 2.39. The number of esters is 1. The van der Waals surface area contributed by atoms with Crippen LogP contribution in [0.3, 0.4) is 0 Å². The largest absolute Gasteiger partial charge is 0.489 e. The third-order valence-corrected chi connectivity index (χ3v) is 5.68. The Kier molecular flexibility index (Phi) is 6.07. The van der Waals surface area contributed by atoms with Crippen LogP contribution < -0.4 is 10.1 Å². The molecule has 0 bridgehead atoms. The Bertz CT molecular complexity index is 1320. The number of anilines is 1. The first-order chi connectivity index (χ1) is 16.7. The number of nitrogens with one attached hydrogen (secondary N) is 1. The highest BCUT2D eigenvalue weighted by atomic mass is 16.5. The molecule has 0 unspecified atom stereocenters. The lowest BCUT2D eigenvalue weighted by Crippen LogP contribution is -2.30. The summed E-state index contributed by atoms with van der Waals surface area (Å²) in [5, 5.41) is 7.58. The number of allylic oxidation sites excluding steroid dienone is 1.